The van der Waals surface area contributed by atoms with Gasteiger partial charge in [-0.2, -0.15) is 0 Å². The summed E-state index contributed by atoms with van der Waals surface area (Å²) in [6.07, 6.45) is 0. The maximum Gasteiger partial charge on any atom is 0.257 e. The average Bonchev–Trinajstić information content (AvgIpc) is 3.28. The third-order valence-corrected chi connectivity index (χ3v) is 5.50. The zero-order valence-electron chi connectivity index (χ0n) is 18.4. The minimum absolute atomic E-state index is 0.202. The van der Waals surface area contributed by atoms with Crippen LogP contribution in [0.15, 0.2) is 89.3 Å². The molecule has 0 bridgehead atoms. The van der Waals surface area contributed by atoms with Crippen molar-refractivity contribution < 1.29 is 13.9 Å². The summed E-state index contributed by atoms with van der Waals surface area (Å²) in [5, 5.41) is 8.04. The molecule has 0 saturated heterocycles. The molecule has 0 radical (unpaired) electrons. The Bertz CT molecular complexity index is 1510. The number of nitrogens with zero attached hydrogens (tertiary/aromatic N) is 1. The lowest BCUT2D eigenvalue weighted by molar-refractivity contribution is 0.0978. The van der Waals surface area contributed by atoms with Gasteiger partial charge in [-0.15, -0.1) is 0 Å². The Labute approximate surface area is 201 Å². The highest BCUT2D eigenvalue weighted by atomic mass is 32.1. The van der Waals surface area contributed by atoms with Gasteiger partial charge >= 0.3 is 0 Å². The molecular weight excluding hydrogens is 446 g/mol. The highest BCUT2D eigenvalue weighted by molar-refractivity contribution is 7.80. The van der Waals surface area contributed by atoms with Gasteiger partial charge in [-0.05, 0) is 84.5 Å². The van der Waals surface area contributed by atoms with Crippen LogP contribution in [0, 0.1) is 0 Å². The van der Waals surface area contributed by atoms with Gasteiger partial charge in [0.05, 0.1) is 6.61 Å². The Balaban J connectivity index is 1.28. The smallest absolute Gasteiger partial charge is 0.257 e. The molecule has 0 fully saturated rings. The molecule has 0 aliphatic rings. The maximum absolute atomic E-state index is 12.7. The van der Waals surface area contributed by atoms with E-state index in [0.717, 1.165) is 22.1 Å². The third kappa shape index (κ3) is 4.60. The zero-order chi connectivity index (χ0) is 23.5. The number of aromatic nitrogens is 1. The fourth-order valence-electron chi connectivity index (χ4n) is 3.66. The minimum atomic E-state index is -0.274. The largest absolute Gasteiger partial charge is 0.494 e. The molecule has 0 saturated carbocycles. The van der Waals surface area contributed by atoms with Gasteiger partial charge in [0.25, 0.3) is 5.91 Å². The molecule has 0 aliphatic heterocycles. The van der Waals surface area contributed by atoms with Crippen molar-refractivity contribution in [3.8, 4) is 17.2 Å². The van der Waals surface area contributed by atoms with Crippen LogP contribution in [0.1, 0.15) is 17.3 Å². The van der Waals surface area contributed by atoms with E-state index >= 15 is 0 Å². The molecule has 1 heterocycles. The van der Waals surface area contributed by atoms with Crippen LogP contribution in [0.3, 0.4) is 0 Å². The summed E-state index contributed by atoms with van der Waals surface area (Å²) >= 11 is 5.35. The molecule has 7 heteroatoms. The number of hydrogen-bond acceptors (Lipinski definition) is 5. The molecule has 0 spiro atoms. The second-order valence-electron chi connectivity index (χ2n) is 7.63. The molecular formula is C27H21N3O3S. The first-order valence-corrected chi connectivity index (χ1v) is 11.2. The maximum atomic E-state index is 12.7. The molecule has 6 nitrogen and oxygen atoms in total. The van der Waals surface area contributed by atoms with E-state index in [1.165, 1.54) is 0 Å². The predicted molar refractivity (Wildman–Crippen MR) is 138 cm³/mol. The first-order chi connectivity index (χ1) is 16.6. The Morgan fingerprint density at radius 1 is 0.971 bits per heavy atom. The van der Waals surface area contributed by atoms with Crippen molar-refractivity contribution in [3.05, 3.63) is 90.5 Å². The second-order valence-corrected chi connectivity index (χ2v) is 8.04. The van der Waals surface area contributed by atoms with E-state index in [4.69, 9.17) is 21.4 Å². The number of nitrogens with one attached hydrogen (secondary N) is 2. The first-order valence-electron chi connectivity index (χ1n) is 10.8. The van der Waals surface area contributed by atoms with Gasteiger partial charge in [0, 0.05) is 16.8 Å². The van der Waals surface area contributed by atoms with E-state index < -0.39 is 0 Å². The van der Waals surface area contributed by atoms with E-state index in [9.17, 15) is 4.79 Å². The summed E-state index contributed by atoms with van der Waals surface area (Å²) in [4.78, 5) is 17.2. The van der Waals surface area contributed by atoms with Crippen molar-refractivity contribution in [2.45, 2.75) is 6.92 Å². The SMILES string of the molecule is CCOc1ccc(-c2nc3cc(NC(=S)NC(=O)c4ccc5ccccc5c4)ccc3o2)cc1. The Morgan fingerprint density at radius 2 is 1.76 bits per heavy atom. The average molecular weight is 468 g/mol. The number of fused-ring (bicyclic) bond motifs is 2. The molecule has 1 amide bonds. The van der Waals surface area contributed by atoms with Gasteiger partial charge in [0.15, 0.2) is 10.7 Å². The van der Waals surface area contributed by atoms with Crippen molar-refractivity contribution in [1.29, 1.82) is 0 Å². The summed E-state index contributed by atoms with van der Waals surface area (Å²) in [5.74, 6) is 1.04. The van der Waals surface area contributed by atoms with E-state index in [0.29, 0.717) is 34.8 Å². The van der Waals surface area contributed by atoms with Crippen LogP contribution in [-0.4, -0.2) is 22.6 Å². The zero-order valence-corrected chi connectivity index (χ0v) is 19.2. The lowest BCUT2D eigenvalue weighted by atomic mass is 10.1. The molecule has 0 aliphatic carbocycles. The predicted octanol–water partition coefficient (Wildman–Crippen LogP) is 6.17. The molecule has 34 heavy (non-hydrogen) atoms. The number of carbonyl (C=O) groups excluding carboxylic acids is 1. The summed E-state index contributed by atoms with van der Waals surface area (Å²) < 4.78 is 11.4. The monoisotopic (exact) mass is 467 g/mol. The number of thiocarbonyl (C=S) groups is 1. The van der Waals surface area contributed by atoms with Crippen molar-refractivity contribution >= 4 is 50.8 Å². The molecule has 0 unspecified atom stereocenters. The standard InChI is InChI=1S/C27H21N3O3S/c1-2-32-22-12-9-18(10-13-22)26-29-23-16-21(11-14-24(23)33-26)28-27(34)30-25(31)20-8-7-17-5-3-4-6-19(17)15-20/h3-16H,2H2,1H3,(H2,28,30,31,34). The van der Waals surface area contributed by atoms with Gasteiger partial charge in [0.1, 0.15) is 11.3 Å². The number of benzene rings is 4. The van der Waals surface area contributed by atoms with E-state index in [-0.39, 0.29) is 11.0 Å². The number of oxazole rings is 1. The second kappa shape index (κ2) is 9.33. The first kappa shape index (κ1) is 21.6. The van der Waals surface area contributed by atoms with E-state index in [1.807, 2.05) is 85.8 Å². The molecule has 168 valence electrons. The molecule has 5 rings (SSSR count). The Kier molecular flexibility index (Phi) is 5.93. The van der Waals surface area contributed by atoms with Gasteiger partial charge in [-0.3, -0.25) is 10.1 Å². The number of amides is 1. The van der Waals surface area contributed by atoms with Crippen LogP contribution >= 0.6 is 12.2 Å². The summed E-state index contributed by atoms with van der Waals surface area (Å²) in [5.41, 5.74) is 3.42. The Hall–Kier alpha value is -4.23. The number of ether oxygens (including phenoxy) is 1. The van der Waals surface area contributed by atoms with Crippen LogP contribution in [0.25, 0.3) is 33.3 Å². The van der Waals surface area contributed by atoms with Crippen molar-refractivity contribution in [3.63, 3.8) is 0 Å². The van der Waals surface area contributed by atoms with Crippen LogP contribution in [0.2, 0.25) is 0 Å². The van der Waals surface area contributed by atoms with Gasteiger partial charge < -0.3 is 14.5 Å². The summed E-state index contributed by atoms with van der Waals surface area (Å²) in [6.45, 7) is 2.56. The molecule has 0 atom stereocenters. The van der Waals surface area contributed by atoms with E-state index in [1.54, 1.807) is 6.07 Å². The third-order valence-electron chi connectivity index (χ3n) is 5.30. The highest BCUT2D eigenvalue weighted by Crippen LogP contribution is 2.27. The van der Waals surface area contributed by atoms with E-state index in [2.05, 4.69) is 15.6 Å². The highest BCUT2D eigenvalue weighted by Gasteiger charge is 2.12. The lowest BCUT2D eigenvalue weighted by Crippen LogP contribution is -2.34. The minimum Gasteiger partial charge on any atom is -0.494 e. The summed E-state index contributed by atoms with van der Waals surface area (Å²) in [6, 6.07) is 26.5. The van der Waals surface area contributed by atoms with Gasteiger partial charge in [0.2, 0.25) is 5.89 Å². The number of anilines is 1. The topological polar surface area (TPSA) is 76.4 Å². The van der Waals surface area contributed by atoms with Crippen LogP contribution in [0.4, 0.5) is 5.69 Å². The molecule has 4 aromatic carbocycles. The van der Waals surface area contributed by atoms with Crippen molar-refractivity contribution in [1.82, 2.24) is 10.3 Å². The fraction of sp³-hybridized carbons (Fsp3) is 0.0741. The molecule has 5 aromatic rings. The van der Waals surface area contributed by atoms with Crippen LogP contribution in [0.5, 0.6) is 5.75 Å². The number of rotatable bonds is 5. The normalized spacial score (nSPS) is 10.9. The van der Waals surface area contributed by atoms with Crippen molar-refractivity contribution in [2.75, 3.05) is 11.9 Å². The summed E-state index contributed by atoms with van der Waals surface area (Å²) in [7, 11) is 0. The van der Waals surface area contributed by atoms with Gasteiger partial charge in [-0.25, -0.2) is 4.98 Å². The number of carbonyl (C=O) groups is 1. The molecule has 2 N–H and O–H groups in total. The quantitative estimate of drug-likeness (QED) is 0.301. The fourth-order valence-corrected chi connectivity index (χ4v) is 3.87. The Morgan fingerprint density at radius 3 is 2.56 bits per heavy atom. The number of hydrogen-bond donors (Lipinski definition) is 2. The van der Waals surface area contributed by atoms with Crippen LogP contribution in [-0.2, 0) is 0 Å². The molecule has 1 aromatic heterocycles. The van der Waals surface area contributed by atoms with Crippen molar-refractivity contribution in [2.24, 2.45) is 0 Å². The van der Waals surface area contributed by atoms with Gasteiger partial charge in [-0.1, -0.05) is 30.3 Å². The van der Waals surface area contributed by atoms with Crippen LogP contribution < -0.4 is 15.4 Å². The lowest BCUT2D eigenvalue weighted by Gasteiger charge is -2.10.